The third-order valence-electron chi connectivity index (χ3n) is 2.76. The lowest BCUT2D eigenvalue weighted by molar-refractivity contribution is -0.181. The van der Waals surface area contributed by atoms with Crippen LogP contribution in [0.2, 0.25) is 0 Å². The van der Waals surface area contributed by atoms with E-state index >= 15 is 0 Å². The number of hydrogen-bond acceptors (Lipinski definition) is 4. The summed E-state index contributed by atoms with van der Waals surface area (Å²) in [5.74, 6) is -1.54. The Morgan fingerprint density at radius 3 is 2.69 bits per heavy atom. The fourth-order valence-electron chi connectivity index (χ4n) is 1.69. The highest BCUT2D eigenvalue weighted by Gasteiger charge is 2.40. The third kappa shape index (κ3) is 3.58. The maximum atomic E-state index is 12.5. The maximum Gasteiger partial charge on any atom is 0.394 e. The van der Waals surface area contributed by atoms with Gasteiger partial charge in [-0.05, 0) is 0 Å². The van der Waals surface area contributed by atoms with E-state index in [2.05, 4.69) is 0 Å². The van der Waals surface area contributed by atoms with Gasteiger partial charge in [-0.25, -0.2) is 0 Å². The van der Waals surface area contributed by atoms with Crippen LogP contribution in [0.25, 0.3) is 0 Å². The third-order valence-corrected chi connectivity index (χ3v) is 2.76. The molecule has 0 amide bonds. The van der Waals surface area contributed by atoms with Crippen molar-refractivity contribution in [2.24, 2.45) is 11.7 Å². The van der Waals surface area contributed by atoms with Crippen LogP contribution >= 0.6 is 0 Å². The van der Waals surface area contributed by atoms with Crippen molar-refractivity contribution in [1.82, 2.24) is 4.90 Å². The van der Waals surface area contributed by atoms with Crippen LogP contribution in [0.5, 0.6) is 0 Å². The van der Waals surface area contributed by atoms with Gasteiger partial charge < -0.3 is 15.6 Å². The first-order valence-corrected chi connectivity index (χ1v) is 5.18. The quantitative estimate of drug-likeness (QED) is 0.718. The first kappa shape index (κ1) is 13.7. The summed E-state index contributed by atoms with van der Waals surface area (Å²) >= 11 is 0. The van der Waals surface area contributed by atoms with Gasteiger partial charge in [0.2, 0.25) is 0 Å². The summed E-state index contributed by atoms with van der Waals surface area (Å²) < 4.78 is 42.6. The highest BCUT2D eigenvalue weighted by Crippen LogP contribution is 2.27. The average Bonchev–Trinajstić information content (AvgIpc) is 2.24. The van der Waals surface area contributed by atoms with Gasteiger partial charge in [0.05, 0.1) is 31.8 Å². The van der Waals surface area contributed by atoms with Gasteiger partial charge >= 0.3 is 6.18 Å². The SMILES string of the molecule is NCC(CN1CCOCC1CO)C(F)(F)F. The normalized spacial score (nSPS) is 25.7. The number of ether oxygens (including phenoxy) is 1. The van der Waals surface area contributed by atoms with Gasteiger partial charge in [-0.15, -0.1) is 0 Å². The minimum absolute atomic E-state index is 0.172. The van der Waals surface area contributed by atoms with Crippen LogP contribution in [0.3, 0.4) is 0 Å². The van der Waals surface area contributed by atoms with E-state index in [1.165, 1.54) is 0 Å². The minimum atomic E-state index is -4.28. The molecule has 1 heterocycles. The summed E-state index contributed by atoms with van der Waals surface area (Å²) in [5, 5.41) is 9.02. The second-order valence-corrected chi connectivity index (χ2v) is 3.88. The highest BCUT2D eigenvalue weighted by molar-refractivity contribution is 4.80. The molecule has 1 aliphatic heterocycles. The number of nitrogens with two attached hydrogens (primary N) is 1. The lowest BCUT2D eigenvalue weighted by Crippen LogP contribution is -2.52. The molecule has 1 aliphatic rings. The Balaban J connectivity index is 2.55. The van der Waals surface area contributed by atoms with Gasteiger partial charge in [0.25, 0.3) is 0 Å². The zero-order valence-electron chi connectivity index (χ0n) is 8.91. The van der Waals surface area contributed by atoms with E-state index in [0.717, 1.165) is 0 Å². The summed E-state index contributed by atoms with van der Waals surface area (Å²) in [5.41, 5.74) is 5.12. The van der Waals surface area contributed by atoms with Gasteiger partial charge in [-0.2, -0.15) is 13.2 Å². The van der Waals surface area contributed by atoms with Crippen LogP contribution in [-0.2, 0) is 4.74 Å². The summed E-state index contributed by atoms with van der Waals surface area (Å²) in [4.78, 5) is 1.59. The molecule has 0 radical (unpaired) electrons. The summed E-state index contributed by atoms with van der Waals surface area (Å²) in [6.07, 6.45) is -4.28. The van der Waals surface area contributed by atoms with Crippen molar-refractivity contribution in [3.05, 3.63) is 0 Å². The average molecular weight is 242 g/mol. The van der Waals surface area contributed by atoms with E-state index in [9.17, 15) is 13.2 Å². The van der Waals surface area contributed by atoms with Gasteiger partial charge in [-0.3, -0.25) is 4.90 Å². The molecule has 4 nitrogen and oxygen atoms in total. The molecule has 0 aromatic carbocycles. The molecule has 7 heteroatoms. The molecule has 1 rings (SSSR count). The van der Waals surface area contributed by atoms with Crippen molar-refractivity contribution in [3.8, 4) is 0 Å². The number of aliphatic hydroxyl groups excluding tert-OH is 1. The number of halogens is 3. The number of rotatable bonds is 4. The van der Waals surface area contributed by atoms with Crippen LogP contribution < -0.4 is 5.73 Å². The molecule has 0 aromatic heterocycles. The van der Waals surface area contributed by atoms with E-state index in [4.69, 9.17) is 15.6 Å². The molecule has 0 spiro atoms. The molecule has 96 valence electrons. The van der Waals surface area contributed by atoms with Crippen molar-refractivity contribution in [1.29, 1.82) is 0 Å². The largest absolute Gasteiger partial charge is 0.395 e. The predicted molar refractivity (Wildman–Crippen MR) is 51.9 cm³/mol. The fraction of sp³-hybridized carbons (Fsp3) is 1.00. The summed E-state index contributed by atoms with van der Waals surface area (Å²) in [7, 11) is 0. The van der Waals surface area contributed by atoms with Gasteiger partial charge in [0, 0.05) is 19.6 Å². The van der Waals surface area contributed by atoms with Crippen molar-refractivity contribution in [3.63, 3.8) is 0 Å². The van der Waals surface area contributed by atoms with Crippen molar-refractivity contribution in [2.75, 3.05) is 39.5 Å². The van der Waals surface area contributed by atoms with Crippen LogP contribution in [0.1, 0.15) is 0 Å². The molecular formula is C9H17F3N2O2. The molecule has 0 aliphatic carbocycles. The predicted octanol–water partition coefficient (Wildman–Crippen LogP) is -0.183. The molecule has 0 bridgehead atoms. The maximum absolute atomic E-state index is 12.5. The van der Waals surface area contributed by atoms with Crippen molar-refractivity contribution < 1.29 is 23.0 Å². The van der Waals surface area contributed by atoms with Crippen LogP contribution in [0.4, 0.5) is 13.2 Å². The smallest absolute Gasteiger partial charge is 0.394 e. The number of hydrogen-bond donors (Lipinski definition) is 2. The van der Waals surface area contributed by atoms with E-state index < -0.39 is 18.6 Å². The fourth-order valence-corrected chi connectivity index (χ4v) is 1.69. The van der Waals surface area contributed by atoms with Gasteiger partial charge in [0.1, 0.15) is 0 Å². The topological polar surface area (TPSA) is 58.7 Å². The summed E-state index contributed by atoms with van der Waals surface area (Å²) in [6.45, 7) is 0.262. The molecule has 2 atom stereocenters. The second kappa shape index (κ2) is 5.81. The Morgan fingerprint density at radius 1 is 1.50 bits per heavy atom. The van der Waals surface area contributed by atoms with E-state index in [-0.39, 0.29) is 25.8 Å². The van der Waals surface area contributed by atoms with Crippen LogP contribution in [0.15, 0.2) is 0 Å². The molecule has 2 unspecified atom stereocenters. The van der Waals surface area contributed by atoms with Crippen LogP contribution in [0, 0.1) is 5.92 Å². The Hall–Kier alpha value is -0.370. The second-order valence-electron chi connectivity index (χ2n) is 3.88. The van der Waals surface area contributed by atoms with Crippen molar-refractivity contribution in [2.45, 2.75) is 12.2 Å². The Kier molecular flexibility index (Phi) is 4.97. The summed E-state index contributed by atoms with van der Waals surface area (Å²) in [6, 6.07) is -0.356. The molecule has 0 saturated carbocycles. The lowest BCUT2D eigenvalue weighted by Gasteiger charge is -2.36. The Labute approximate surface area is 92.2 Å². The Morgan fingerprint density at radius 2 is 2.19 bits per heavy atom. The zero-order chi connectivity index (χ0) is 12.2. The standard InChI is InChI=1S/C9H17F3N2O2/c10-9(11,12)7(3-13)4-14-1-2-16-6-8(14)5-15/h7-8,15H,1-6,13H2. The van der Waals surface area contributed by atoms with Crippen LogP contribution in [-0.4, -0.2) is 61.7 Å². The van der Waals surface area contributed by atoms with E-state index in [1.807, 2.05) is 0 Å². The molecule has 3 N–H and O–H groups in total. The number of nitrogens with zero attached hydrogens (tertiary/aromatic N) is 1. The van der Waals surface area contributed by atoms with E-state index in [0.29, 0.717) is 13.2 Å². The van der Waals surface area contributed by atoms with Gasteiger partial charge in [0.15, 0.2) is 0 Å². The lowest BCUT2D eigenvalue weighted by atomic mass is 10.1. The first-order valence-electron chi connectivity index (χ1n) is 5.18. The molecule has 0 aromatic rings. The molecule has 16 heavy (non-hydrogen) atoms. The first-order chi connectivity index (χ1) is 7.49. The molecular weight excluding hydrogens is 225 g/mol. The number of aliphatic hydroxyl groups is 1. The monoisotopic (exact) mass is 242 g/mol. The van der Waals surface area contributed by atoms with Crippen molar-refractivity contribution >= 4 is 0 Å². The number of alkyl halides is 3. The molecule has 1 fully saturated rings. The zero-order valence-corrected chi connectivity index (χ0v) is 8.91. The highest BCUT2D eigenvalue weighted by atomic mass is 19.4. The number of morpholine rings is 1. The van der Waals surface area contributed by atoms with E-state index in [1.54, 1.807) is 4.90 Å². The minimum Gasteiger partial charge on any atom is -0.395 e. The van der Waals surface area contributed by atoms with Gasteiger partial charge in [-0.1, -0.05) is 0 Å². The molecule has 1 saturated heterocycles. The Bertz CT molecular complexity index is 213.